The maximum atomic E-state index is 6.05. The van der Waals surface area contributed by atoms with Gasteiger partial charge in [-0.25, -0.2) is 4.98 Å². The van der Waals surface area contributed by atoms with Crippen LogP contribution in [0.2, 0.25) is 0 Å². The second kappa shape index (κ2) is 5.27. The van der Waals surface area contributed by atoms with Gasteiger partial charge in [-0.2, -0.15) is 0 Å². The van der Waals surface area contributed by atoms with Gasteiger partial charge in [0.15, 0.2) is 0 Å². The van der Waals surface area contributed by atoms with Gasteiger partial charge in [0.25, 0.3) is 0 Å². The van der Waals surface area contributed by atoms with Crippen molar-refractivity contribution in [2.45, 2.75) is 52.1 Å². The van der Waals surface area contributed by atoms with Crippen LogP contribution in [0.4, 0.5) is 0 Å². The van der Waals surface area contributed by atoms with Crippen molar-refractivity contribution in [3.05, 3.63) is 16.1 Å². The number of hydrogen-bond acceptors (Lipinski definition) is 4. The van der Waals surface area contributed by atoms with Crippen molar-refractivity contribution in [3.63, 3.8) is 0 Å². The van der Waals surface area contributed by atoms with E-state index in [1.807, 2.05) is 0 Å². The summed E-state index contributed by atoms with van der Waals surface area (Å²) in [5.41, 5.74) is 7.44. The van der Waals surface area contributed by atoms with Crippen molar-refractivity contribution in [3.8, 4) is 0 Å². The molecular formula is C14H25N3S. The second-order valence-corrected chi connectivity index (χ2v) is 7.42. The molecule has 1 aromatic heterocycles. The lowest BCUT2D eigenvalue weighted by Crippen LogP contribution is -2.45. The first-order valence-electron chi connectivity index (χ1n) is 6.79. The van der Waals surface area contributed by atoms with Gasteiger partial charge in [0.2, 0.25) is 0 Å². The first kappa shape index (κ1) is 14.0. The molecule has 4 heteroatoms. The van der Waals surface area contributed by atoms with Crippen LogP contribution in [0.3, 0.4) is 0 Å². The number of likely N-dealkylation sites (tertiary alicyclic amines) is 1. The lowest BCUT2D eigenvalue weighted by atomic mass is 9.95. The number of thiazole rings is 1. The Morgan fingerprint density at radius 3 is 2.78 bits per heavy atom. The van der Waals surface area contributed by atoms with Gasteiger partial charge in [-0.05, 0) is 12.3 Å². The Kier molecular flexibility index (Phi) is 4.09. The maximum absolute atomic E-state index is 6.05. The van der Waals surface area contributed by atoms with Crippen molar-refractivity contribution >= 4 is 11.3 Å². The van der Waals surface area contributed by atoms with Gasteiger partial charge in [-0.15, -0.1) is 11.3 Å². The Labute approximate surface area is 114 Å². The lowest BCUT2D eigenvalue weighted by molar-refractivity contribution is 0.156. The highest BCUT2D eigenvalue weighted by Crippen LogP contribution is 2.26. The number of aromatic nitrogens is 1. The van der Waals surface area contributed by atoms with E-state index in [-0.39, 0.29) is 5.41 Å². The molecule has 2 heterocycles. The molecule has 0 saturated carbocycles. The fourth-order valence-electron chi connectivity index (χ4n) is 2.35. The molecule has 1 aliphatic rings. The molecule has 2 atom stereocenters. The van der Waals surface area contributed by atoms with Crippen LogP contribution in [0.25, 0.3) is 0 Å². The third-order valence-corrected chi connectivity index (χ3v) is 4.95. The molecule has 1 fully saturated rings. The molecule has 1 saturated heterocycles. The number of nitrogens with two attached hydrogens (primary N) is 1. The minimum absolute atomic E-state index is 0.167. The summed E-state index contributed by atoms with van der Waals surface area (Å²) >= 11 is 1.78. The third kappa shape index (κ3) is 3.31. The average Bonchev–Trinajstić information content (AvgIpc) is 2.72. The van der Waals surface area contributed by atoms with Crippen molar-refractivity contribution in [2.24, 2.45) is 11.7 Å². The summed E-state index contributed by atoms with van der Waals surface area (Å²) in [4.78, 5) is 7.25. The topological polar surface area (TPSA) is 42.2 Å². The quantitative estimate of drug-likeness (QED) is 0.895. The van der Waals surface area contributed by atoms with Crippen molar-refractivity contribution in [1.29, 1.82) is 0 Å². The Hall–Kier alpha value is -0.450. The molecule has 3 nitrogen and oxygen atoms in total. The maximum Gasteiger partial charge on any atom is 0.0982 e. The first-order valence-corrected chi connectivity index (χ1v) is 7.67. The Balaban J connectivity index is 1.96. The fourth-order valence-corrected chi connectivity index (χ4v) is 3.25. The van der Waals surface area contributed by atoms with Crippen LogP contribution in [0.1, 0.15) is 44.8 Å². The van der Waals surface area contributed by atoms with Gasteiger partial charge in [-0.1, -0.05) is 27.7 Å². The first-order chi connectivity index (χ1) is 8.36. The normalized spacial score (nSPS) is 26.5. The SMILES string of the molecule is CC1CN(Cc2csc(C(C)(C)C)n2)CCC1N. The zero-order valence-corrected chi connectivity index (χ0v) is 12.8. The summed E-state index contributed by atoms with van der Waals surface area (Å²) in [5.74, 6) is 0.597. The summed E-state index contributed by atoms with van der Waals surface area (Å²) < 4.78 is 0. The highest BCUT2D eigenvalue weighted by molar-refractivity contribution is 7.09. The highest BCUT2D eigenvalue weighted by atomic mass is 32.1. The van der Waals surface area contributed by atoms with E-state index in [0.29, 0.717) is 12.0 Å². The Bertz CT molecular complexity index is 394. The highest BCUT2D eigenvalue weighted by Gasteiger charge is 2.24. The minimum atomic E-state index is 0.167. The molecule has 102 valence electrons. The van der Waals surface area contributed by atoms with E-state index < -0.39 is 0 Å². The predicted molar refractivity (Wildman–Crippen MR) is 77.8 cm³/mol. The zero-order chi connectivity index (χ0) is 13.3. The standard InChI is InChI=1S/C14H25N3S/c1-10-7-17(6-5-12(10)15)8-11-9-18-13(16-11)14(2,3)4/h9-10,12H,5-8,15H2,1-4H3. The van der Waals surface area contributed by atoms with Crippen LogP contribution in [-0.4, -0.2) is 29.0 Å². The van der Waals surface area contributed by atoms with Crippen LogP contribution < -0.4 is 5.73 Å². The summed E-state index contributed by atoms with van der Waals surface area (Å²) in [6.07, 6.45) is 1.11. The van der Waals surface area contributed by atoms with E-state index in [9.17, 15) is 0 Å². The molecule has 18 heavy (non-hydrogen) atoms. The molecule has 0 bridgehead atoms. The summed E-state index contributed by atoms with van der Waals surface area (Å²) in [5, 5.41) is 3.44. The molecule has 2 unspecified atom stereocenters. The monoisotopic (exact) mass is 267 g/mol. The minimum Gasteiger partial charge on any atom is -0.327 e. The van der Waals surface area contributed by atoms with Gasteiger partial charge in [0, 0.05) is 36.5 Å². The summed E-state index contributed by atoms with van der Waals surface area (Å²) in [6.45, 7) is 12.1. The molecule has 0 aliphatic carbocycles. The number of hydrogen-bond donors (Lipinski definition) is 1. The van der Waals surface area contributed by atoms with Crippen LogP contribution in [0, 0.1) is 5.92 Å². The molecule has 1 aliphatic heterocycles. The van der Waals surface area contributed by atoms with Crippen LogP contribution in [0.5, 0.6) is 0 Å². The average molecular weight is 267 g/mol. The van der Waals surface area contributed by atoms with Gasteiger partial charge >= 0.3 is 0 Å². The van der Waals surface area contributed by atoms with E-state index >= 15 is 0 Å². The van der Waals surface area contributed by atoms with Gasteiger partial charge < -0.3 is 5.73 Å². The molecule has 0 amide bonds. The van der Waals surface area contributed by atoms with Crippen LogP contribution >= 0.6 is 11.3 Å². The number of piperidine rings is 1. The molecule has 2 N–H and O–H groups in total. The molecule has 2 rings (SSSR count). The van der Waals surface area contributed by atoms with Crippen molar-refractivity contribution in [2.75, 3.05) is 13.1 Å². The zero-order valence-electron chi connectivity index (χ0n) is 11.9. The molecule has 1 aromatic rings. The van der Waals surface area contributed by atoms with Gasteiger partial charge in [-0.3, -0.25) is 4.90 Å². The summed E-state index contributed by atoms with van der Waals surface area (Å²) in [7, 11) is 0. The number of rotatable bonds is 2. The lowest BCUT2D eigenvalue weighted by Gasteiger charge is -2.34. The van der Waals surface area contributed by atoms with E-state index in [1.54, 1.807) is 11.3 Å². The molecule has 0 aromatic carbocycles. The van der Waals surface area contributed by atoms with Gasteiger partial charge in [0.1, 0.15) is 0 Å². The smallest absolute Gasteiger partial charge is 0.0982 e. The van der Waals surface area contributed by atoms with Crippen molar-refractivity contribution in [1.82, 2.24) is 9.88 Å². The van der Waals surface area contributed by atoms with E-state index in [4.69, 9.17) is 10.7 Å². The van der Waals surface area contributed by atoms with E-state index in [1.165, 1.54) is 10.7 Å². The number of nitrogens with zero attached hydrogens (tertiary/aromatic N) is 2. The third-order valence-electron chi connectivity index (χ3n) is 3.63. The van der Waals surface area contributed by atoms with E-state index in [2.05, 4.69) is 38.0 Å². The second-order valence-electron chi connectivity index (χ2n) is 6.56. The molecular weight excluding hydrogens is 242 g/mol. The molecule has 0 spiro atoms. The Morgan fingerprint density at radius 2 is 2.22 bits per heavy atom. The Morgan fingerprint density at radius 1 is 1.50 bits per heavy atom. The van der Waals surface area contributed by atoms with Crippen LogP contribution in [0.15, 0.2) is 5.38 Å². The predicted octanol–water partition coefficient (Wildman–Crippen LogP) is 2.61. The van der Waals surface area contributed by atoms with Crippen molar-refractivity contribution < 1.29 is 0 Å². The largest absolute Gasteiger partial charge is 0.327 e. The van der Waals surface area contributed by atoms with Crippen LogP contribution in [-0.2, 0) is 12.0 Å². The van der Waals surface area contributed by atoms with E-state index in [0.717, 1.165) is 26.1 Å². The summed E-state index contributed by atoms with van der Waals surface area (Å²) in [6, 6.07) is 0.377. The fraction of sp³-hybridized carbons (Fsp3) is 0.786. The molecule has 0 radical (unpaired) electrons. The van der Waals surface area contributed by atoms with Gasteiger partial charge in [0.05, 0.1) is 10.7 Å².